The number of hydrogen-bond donors (Lipinski definition) is 1. The van der Waals surface area contributed by atoms with Crippen LogP contribution in [0.5, 0.6) is 0 Å². The SMILES string of the molecule is CC(C)CNCc1cn(CCN2CC(C)OC(C)C2)nn1. The zero-order valence-corrected chi connectivity index (χ0v) is 13.7. The molecule has 0 aliphatic carbocycles. The molecular weight excluding hydrogens is 266 g/mol. The molecule has 0 spiro atoms. The lowest BCUT2D eigenvalue weighted by Crippen LogP contribution is -2.46. The first-order valence-electron chi connectivity index (χ1n) is 8.00. The van der Waals surface area contributed by atoms with Crippen molar-refractivity contribution in [1.29, 1.82) is 0 Å². The van der Waals surface area contributed by atoms with Gasteiger partial charge in [-0.3, -0.25) is 9.58 Å². The van der Waals surface area contributed by atoms with Crippen molar-refractivity contribution in [2.24, 2.45) is 5.92 Å². The number of hydrogen-bond acceptors (Lipinski definition) is 5. The second kappa shape index (κ2) is 7.87. The summed E-state index contributed by atoms with van der Waals surface area (Å²) in [7, 11) is 0. The Morgan fingerprint density at radius 2 is 2.00 bits per heavy atom. The van der Waals surface area contributed by atoms with E-state index in [1.807, 2.05) is 10.9 Å². The Balaban J connectivity index is 1.72. The predicted molar refractivity (Wildman–Crippen MR) is 83.0 cm³/mol. The fourth-order valence-corrected chi connectivity index (χ4v) is 2.73. The summed E-state index contributed by atoms with van der Waals surface area (Å²) in [5.74, 6) is 0.658. The quantitative estimate of drug-likeness (QED) is 0.817. The van der Waals surface area contributed by atoms with Gasteiger partial charge in [0.15, 0.2) is 0 Å². The molecule has 6 heteroatoms. The maximum absolute atomic E-state index is 5.75. The van der Waals surface area contributed by atoms with E-state index >= 15 is 0 Å². The molecule has 6 nitrogen and oxygen atoms in total. The molecule has 1 aromatic heterocycles. The van der Waals surface area contributed by atoms with Crippen molar-refractivity contribution in [3.05, 3.63) is 11.9 Å². The molecule has 0 amide bonds. The Kier molecular flexibility index (Phi) is 6.14. The summed E-state index contributed by atoms with van der Waals surface area (Å²) >= 11 is 0. The Bertz CT molecular complexity index is 410. The van der Waals surface area contributed by atoms with Gasteiger partial charge in [-0.25, -0.2) is 0 Å². The highest BCUT2D eigenvalue weighted by Crippen LogP contribution is 2.10. The molecule has 1 aliphatic rings. The van der Waals surface area contributed by atoms with Crippen molar-refractivity contribution >= 4 is 0 Å². The summed E-state index contributed by atoms with van der Waals surface area (Å²) in [5.41, 5.74) is 1.01. The van der Waals surface area contributed by atoms with Crippen molar-refractivity contribution in [3.63, 3.8) is 0 Å². The fourth-order valence-electron chi connectivity index (χ4n) is 2.73. The van der Waals surface area contributed by atoms with Gasteiger partial charge < -0.3 is 10.1 Å². The van der Waals surface area contributed by atoms with Crippen LogP contribution in [-0.4, -0.2) is 58.3 Å². The van der Waals surface area contributed by atoms with E-state index in [1.165, 1.54) is 0 Å². The van der Waals surface area contributed by atoms with E-state index in [4.69, 9.17) is 4.74 Å². The molecule has 0 saturated carbocycles. The van der Waals surface area contributed by atoms with Crippen molar-refractivity contribution in [3.8, 4) is 0 Å². The summed E-state index contributed by atoms with van der Waals surface area (Å²) in [5, 5.41) is 11.8. The van der Waals surface area contributed by atoms with E-state index in [0.717, 1.165) is 45.0 Å². The van der Waals surface area contributed by atoms with E-state index in [1.54, 1.807) is 0 Å². The molecule has 1 fully saturated rings. The lowest BCUT2D eigenvalue weighted by atomic mass is 10.2. The number of rotatable bonds is 7. The Labute approximate surface area is 127 Å². The van der Waals surface area contributed by atoms with Gasteiger partial charge in [-0.05, 0) is 26.3 Å². The van der Waals surface area contributed by atoms with Gasteiger partial charge in [0.05, 0.1) is 24.4 Å². The van der Waals surface area contributed by atoms with Crippen molar-refractivity contribution in [2.45, 2.75) is 53.0 Å². The van der Waals surface area contributed by atoms with Crippen LogP contribution in [0.3, 0.4) is 0 Å². The molecule has 0 radical (unpaired) electrons. The molecule has 21 heavy (non-hydrogen) atoms. The van der Waals surface area contributed by atoms with E-state index < -0.39 is 0 Å². The predicted octanol–water partition coefficient (Wildman–Crippen LogP) is 1.13. The molecule has 0 bridgehead atoms. The molecule has 2 rings (SSSR count). The summed E-state index contributed by atoms with van der Waals surface area (Å²) in [6, 6.07) is 0. The molecule has 120 valence electrons. The molecular formula is C15H29N5O. The fraction of sp³-hybridized carbons (Fsp3) is 0.867. The molecule has 2 atom stereocenters. The summed E-state index contributed by atoms with van der Waals surface area (Å²) in [4.78, 5) is 2.44. The molecule has 1 aromatic rings. The first-order chi connectivity index (χ1) is 10.0. The zero-order valence-electron chi connectivity index (χ0n) is 13.7. The van der Waals surface area contributed by atoms with Gasteiger partial charge in [-0.15, -0.1) is 5.10 Å². The Morgan fingerprint density at radius 1 is 1.29 bits per heavy atom. The van der Waals surface area contributed by atoms with Gasteiger partial charge in [-0.1, -0.05) is 19.1 Å². The Hall–Kier alpha value is -0.980. The molecule has 0 aromatic carbocycles. The summed E-state index contributed by atoms with van der Waals surface area (Å²) in [6.07, 6.45) is 2.68. The summed E-state index contributed by atoms with van der Waals surface area (Å²) < 4.78 is 7.69. The molecule has 2 unspecified atom stereocenters. The summed E-state index contributed by atoms with van der Waals surface area (Å²) in [6.45, 7) is 14.4. The average Bonchev–Trinajstić information content (AvgIpc) is 2.83. The smallest absolute Gasteiger partial charge is 0.0964 e. The second-order valence-electron chi connectivity index (χ2n) is 6.51. The van der Waals surface area contributed by atoms with Crippen LogP contribution in [0, 0.1) is 5.92 Å². The van der Waals surface area contributed by atoms with Crippen molar-refractivity contribution in [2.75, 3.05) is 26.2 Å². The van der Waals surface area contributed by atoms with Crippen LogP contribution < -0.4 is 5.32 Å². The maximum Gasteiger partial charge on any atom is 0.0964 e. The zero-order chi connectivity index (χ0) is 15.2. The highest BCUT2D eigenvalue weighted by Gasteiger charge is 2.21. The van der Waals surface area contributed by atoms with Gasteiger partial charge in [0.1, 0.15) is 0 Å². The van der Waals surface area contributed by atoms with Gasteiger partial charge in [0.2, 0.25) is 0 Å². The largest absolute Gasteiger partial charge is 0.373 e. The van der Waals surface area contributed by atoms with Crippen molar-refractivity contribution in [1.82, 2.24) is 25.2 Å². The number of nitrogens with zero attached hydrogens (tertiary/aromatic N) is 4. The monoisotopic (exact) mass is 295 g/mol. The number of nitrogens with one attached hydrogen (secondary N) is 1. The minimum atomic E-state index is 0.320. The highest BCUT2D eigenvalue weighted by atomic mass is 16.5. The van der Waals surface area contributed by atoms with E-state index in [9.17, 15) is 0 Å². The average molecular weight is 295 g/mol. The topological polar surface area (TPSA) is 55.2 Å². The highest BCUT2D eigenvalue weighted by molar-refractivity contribution is 4.91. The van der Waals surface area contributed by atoms with Gasteiger partial charge in [-0.2, -0.15) is 0 Å². The third-order valence-corrected chi connectivity index (χ3v) is 3.59. The number of ether oxygens (including phenoxy) is 1. The van der Waals surface area contributed by atoms with E-state index in [2.05, 4.69) is 48.2 Å². The molecule has 2 heterocycles. The van der Waals surface area contributed by atoms with Gasteiger partial charge in [0, 0.05) is 32.4 Å². The van der Waals surface area contributed by atoms with Crippen LogP contribution in [0.1, 0.15) is 33.4 Å². The lowest BCUT2D eigenvalue weighted by molar-refractivity contribution is -0.0687. The number of aromatic nitrogens is 3. The molecule has 1 N–H and O–H groups in total. The van der Waals surface area contributed by atoms with Crippen LogP contribution in [0.15, 0.2) is 6.20 Å². The normalized spacial score (nSPS) is 23.9. The van der Waals surface area contributed by atoms with Crippen molar-refractivity contribution < 1.29 is 4.74 Å². The Morgan fingerprint density at radius 3 is 2.67 bits per heavy atom. The standard InChI is InChI=1S/C15H29N5O/c1-12(2)7-16-8-15-11-20(18-17-15)6-5-19-9-13(3)21-14(4)10-19/h11-14,16H,5-10H2,1-4H3. The first-order valence-corrected chi connectivity index (χ1v) is 8.00. The molecule has 1 saturated heterocycles. The third-order valence-electron chi connectivity index (χ3n) is 3.59. The lowest BCUT2D eigenvalue weighted by Gasteiger charge is -2.35. The minimum Gasteiger partial charge on any atom is -0.373 e. The van der Waals surface area contributed by atoms with Crippen LogP contribution >= 0.6 is 0 Å². The van der Waals surface area contributed by atoms with E-state index in [-0.39, 0.29) is 0 Å². The third kappa shape index (κ3) is 5.73. The minimum absolute atomic E-state index is 0.320. The maximum atomic E-state index is 5.75. The van der Waals surface area contributed by atoms with Gasteiger partial charge >= 0.3 is 0 Å². The van der Waals surface area contributed by atoms with Crippen LogP contribution in [-0.2, 0) is 17.8 Å². The van der Waals surface area contributed by atoms with Gasteiger partial charge in [0.25, 0.3) is 0 Å². The molecule has 1 aliphatic heterocycles. The first kappa shape index (κ1) is 16.4. The van der Waals surface area contributed by atoms with E-state index in [0.29, 0.717) is 18.1 Å². The van der Waals surface area contributed by atoms with Crippen LogP contribution in [0.2, 0.25) is 0 Å². The van der Waals surface area contributed by atoms with Crippen LogP contribution in [0.25, 0.3) is 0 Å². The number of morpholine rings is 1. The van der Waals surface area contributed by atoms with Crippen LogP contribution in [0.4, 0.5) is 0 Å². The second-order valence-corrected chi connectivity index (χ2v) is 6.51.